The SMILES string of the molecule is CCOCC(C)OC(CBr)c1ccccc1Br. The van der Waals surface area contributed by atoms with Gasteiger partial charge in [-0.3, -0.25) is 0 Å². The molecule has 2 atom stereocenters. The first-order valence-electron chi connectivity index (χ1n) is 5.72. The third kappa shape index (κ3) is 5.08. The second-order valence-corrected chi connectivity index (χ2v) is 5.27. The van der Waals surface area contributed by atoms with Gasteiger partial charge in [-0.15, -0.1) is 0 Å². The van der Waals surface area contributed by atoms with Gasteiger partial charge in [0.05, 0.1) is 18.8 Å². The Labute approximate surface area is 120 Å². The molecule has 0 amide bonds. The van der Waals surface area contributed by atoms with Gasteiger partial charge in [0.25, 0.3) is 0 Å². The van der Waals surface area contributed by atoms with Gasteiger partial charge in [-0.1, -0.05) is 50.1 Å². The van der Waals surface area contributed by atoms with Crippen LogP contribution in [-0.4, -0.2) is 24.6 Å². The van der Waals surface area contributed by atoms with E-state index < -0.39 is 0 Å². The monoisotopic (exact) mass is 364 g/mol. The van der Waals surface area contributed by atoms with Gasteiger partial charge >= 0.3 is 0 Å². The van der Waals surface area contributed by atoms with Crippen molar-refractivity contribution in [3.63, 3.8) is 0 Å². The molecule has 4 heteroatoms. The highest BCUT2D eigenvalue weighted by atomic mass is 79.9. The minimum atomic E-state index is 0.0426. The highest BCUT2D eigenvalue weighted by Gasteiger charge is 2.16. The minimum absolute atomic E-state index is 0.0426. The van der Waals surface area contributed by atoms with Crippen molar-refractivity contribution in [3.05, 3.63) is 34.3 Å². The predicted molar refractivity (Wildman–Crippen MR) is 77.7 cm³/mol. The molecule has 0 spiro atoms. The van der Waals surface area contributed by atoms with Crippen LogP contribution in [0.1, 0.15) is 25.5 Å². The summed E-state index contributed by atoms with van der Waals surface area (Å²) < 4.78 is 12.4. The molecule has 2 nitrogen and oxygen atoms in total. The number of halogens is 2. The zero-order chi connectivity index (χ0) is 12.7. The first-order chi connectivity index (χ1) is 8.19. The summed E-state index contributed by atoms with van der Waals surface area (Å²) in [6, 6.07) is 8.12. The van der Waals surface area contributed by atoms with E-state index in [-0.39, 0.29) is 12.2 Å². The fourth-order valence-corrected chi connectivity index (χ4v) is 2.57. The fraction of sp³-hybridized carbons (Fsp3) is 0.538. The molecule has 0 aliphatic heterocycles. The Balaban J connectivity index is 2.62. The Morgan fingerprint density at radius 2 is 2.00 bits per heavy atom. The second-order valence-electron chi connectivity index (χ2n) is 3.77. The first kappa shape index (κ1) is 15.2. The van der Waals surface area contributed by atoms with Gasteiger partial charge in [0.15, 0.2) is 0 Å². The van der Waals surface area contributed by atoms with Crippen molar-refractivity contribution in [2.24, 2.45) is 0 Å². The maximum absolute atomic E-state index is 5.97. The highest BCUT2D eigenvalue weighted by molar-refractivity contribution is 9.10. The van der Waals surface area contributed by atoms with Crippen LogP contribution in [0.3, 0.4) is 0 Å². The van der Waals surface area contributed by atoms with Crippen molar-refractivity contribution < 1.29 is 9.47 Å². The standard InChI is InChI=1S/C13H18Br2O2/c1-3-16-9-10(2)17-13(8-14)11-6-4-5-7-12(11)15/h4-7,10,13H,3,8-9H2,1-2H3. The molecule has 0 fully saturated rings. The molecular weight excluding hydrogens is 348 g/mol. The number of benzene rings is 1. The quantitative estimate of drug-likeness (QED) is 0.669. The van der Waals surface area contributed by atoms with Crippen molar-refractivity contribution in [3.8, 4) is 0 Å². The smallest absolute Gasteiger partial charge is 0.0937 e. The van der Waals surface area contributed by atoms with Crippen LogP contribution < -0.4 is 0 Å². The van der Waals surface area contributed by atoms with Crippen molar-refractivity contribution >= 4 is 31.9 Å². The molecule has 0 saturated heterocycles. The van der Waals surface area contributed by atoms with Crippen LogP contribution in [0.25, 0.3) is 0 Å². The van der Waals surface area contributed by atoms with Gasteiger partial charge in [-0.05, 0) is 25.5 Å². The van der Waals surface area contributed by atoms with E-state index in [9.17, 15) is 0 Å². The molecule has 0 aliphatic carbocycles. The van der Waals surface area contributed by atoms with E-state index >= 15 is 0 Å². The molecule has 0 radical (unpaired) electrons. The summed E-state index contributed by atoms with van der Waals surface area (Å²) in [7, 11) is 0. The average molecular weight is 366 g/mol. The van der Waals surface area contributed by atoms with Crippen molar-refractivity contribution in [1.82, 2.24) is 0 Å². The largest absolute Gasteiger partial charge is 0.379 e. The zero-order valence-corrected chi connectivity index (χ0v) is 13.3. The molecule has 1 aromatic rings. The summed E-state index contributed by atoms with van der Waals surface area (Å²) in [5.74, 6) is 0. The lowest BCUT2D eigenvalue weighted by Gasteiger charge is -2.22. The summed E-state index contributed by atoms with van der Waals surface area (Å²) in [5, 5.41) is 0.770. The molecule has 1 aromatic carbocycles. The van der Waals surface area contributed by atoms with Crippen molar-refractivity contribution in [1.29, 1.82) is 0 Å². The lowest BCUT2D eigenvalue weighted by Crippen LogP contribution is -2.20. The van der Waals surface area contributed by atoms with E-state index in [1.54, 1.807) is 0 Å². The predicted octanol–water partition coefficient (Wildman–Crippen LogP) is 4.33. The topological polar surface area (TPSA) is 18.5 Å². The maximum Gasteiger partial charge on any atom is 0.0937 e. The highest BCUT2D eigenvalue weighted by Crippen LogP contribution is 2.28. The molecular formula is C13H18Br2O2. The molecule has 0 aromatic heterocycles. The Morgan fingerprint density at radius 3 is 2.59 bits per heavy atom. The molecule has 17 heavy (non-hydrogen) atoms. The number of rotatable bonds is 7. The molecule has 1 rings (SSSR count). The van der Waals surface area contributed by atoms with Crippen molar-refractivity contribution in [2.75, 3.05) is 18.5 Å². The van der Waals surface area contributed by atoms with E-state index in [1.165, 1.54) is 0 Å². The van der Waals surface area contributed by atoms with Gasteiger partial charge < -0.3 is 9.47 Å². The van der Waals surface area contributed by atoms with Gasteiger partial charge in [0, 0.05) is 16.4 Å². The van der Waals surface area contributed by atoms with E-state index in [1.807, 2.05) is 32.0 Å². The first-order valence-corrected chi connectivity index (χ1v) is 7.64. The fourth-order valence-electron chi connectivity index (χ4n) is 1.53. The lowest BCUT2D eigenvalue weighted by atomic mass is 10.1. The summed E-state index contributed by atoms with van der Waals surface area (Å²) in [6.45, 7) is 5.37. The van der Waals surface area contributed by atoms with E-state index in [4.69, 9.17) is 9.47 Å². The van der Waals surface area contributed by atoms with E-state index in [0.29, 0.717) is 6.61 Å². The third-order valence-corrected chi connectivity index (χ3v) is 3.66. The lowest BCUT2D eigenvalue weighted by molar-refractivity contribution is -0.0385. The number of hydrogen-bond donors (Lipinski definition) is 0. The zero-order valence-electron chi connectivity index (χ0n) is 10.2. The summed E-state index contributed by atoms with van der Waals surface area (Å²) in [5.41, 5.74) is 1.16. The summed E-state index contributed by atoms with van der Waals surface area (Å²) in [6.07, 6.45) is 0.130. The molecule has 0 saturated carbocycles. The van der Waals surface area contributed by atoms with Crippen LogP contribution in [0.15, 0.2) is 28.7 Å². The van der Waals surface area contributed by atoms with Gasteiger partial charge in [0.2, 0.25) is 0 Å². The Morgan fingerprint density at radius 1 is 1.29 bits per heavy atom. The second kappa shape index (κ2) is 8.25. The van der Waals surface area contributed by atoms with E-state index in [2.05, 4.69) is 37.9 Å². The Kier molecular flexibility index (Phi) is 7.35. The van der Waals surface area contributed by atoms with Gasteiger partial charge in [-0.2, -0.15) is 0 Å². The minimum Gasteiger partial charge on any atom is -0.379 e. The van der Waals surface area contributed by atoms with Gasteiger partial charge in [0.1, 0.15) is 0 Å². The summed E-state index contributed by atoms with van der Waals surface area (Å²) in [4.78, 5) is 0. The van der Waals surface area contributed by atoms with Crippen LogP contribution in [-0.2, 0) is 9.47 Å². The van der Waals surface area contributed by atoms with Crippen LogP contribution in [0.2, 0.25) is 0 Å². The molecule has 96 valence electrons. The summed E-state index contributed by atoms with van der Waals surface area (Å²) >= 11 is 7.04. The van der Waals surface area contributed by atoms with Crippen LogP contribution in [0.4, 0.5) is 0 Å². The molecule has 0 aliphatic rings. The number of ether oxygens (including phenoxy) is 2. The molecule has 2 unspecified atom stereocenters. The average Bonchev–Trinajstić information content (AvgIpc) is 2.34. The van der Waals surface area contributed by atoms with Crippen LogP contribution in [0.5, 0.6) is 0 Å². The molecule has 0 bridgehead atoms. The third-order valence-electron chi connectivity index (χ3n) is 2.35. The molecule has 0 heterocycles. The van der Waals surface area contributed by atoms with Gasteiger partial charge in [-0.25, -0.2) is 0 Å². The Bertz CT molecular complexity index is 331. The Hall–Kier alpha value is 0.1000. The van der Waals surface area contributed by atoms with Crippen LogP contribution >= 0.6 is 31.9 Å². The normalized spacial score (nSPS) is 14.6. The number of alkyl halides is 1. The van der Waals surface area contributed by atoms with Crippen LogP contribution in [0, 0.1) is 0 Å². The maximum atomic E-state index is 5.97. The van der Waals surface area contributed by atoms with E-state index in [0.717, 1.165) is 22.0 Å². The molecule has 0 N–H and O–H groups in total. The van der Waals surface area contributed by atoms with Crippen molar-refractivity contribution in [2.45, 2.75) is 26.1 Å². The number of hydrogen-bond acceptors (Lipinski definition) is 2.